The van der Waals surface area contributed by atoms with E-state index >= 15 is 0 Å². The summed E-state index contributed by atoms with van der Waals surface area (Å²) >= 11 is 0. The van der Waals surface area contributed by atoms with Crippen molar-refractivity contribution in [2.24, 2.45) is 0 Å². The zero-order valence-electron chi connectivity index (χ0n) is 13.8. The summed E-state index contributed by atoms with van der Waals surface area (Å²) in [5.74, 6) is -0.0612. The van der Waals surface area contributed by atoms with Gasteiger partial charge in [0, 0.05) is 24.3 Å². The molecule has 0 aliphatic carbocycles. The lowest BCUT2D eigenvalue weighted by atomic mass is 10.1. The molecule has 0 aromatic heterocycles. The van der Waals surface area contributed by atoms with Gasteiger partial charge in [-0.2, -0.15) is 0 Å². The summed E-state index contributed by atoms with van der Waals surface area (Å²) in [6, 6.07) is 14.6. The molecule has 24 heavy (non-hydrogen) atoms. The number of carbonyl (C=O) groups excluding carboxylic acids is 1. The minimum atomic E-state index is -3.32. The van der Waals surface area contributed by atoms with E-state index in [1.807, 2.05) is 24.3 Å². The molecule has 0 atom stereocenters. The maximum atomic E-state index is 12.8. The van der Waals surface area contributed by atoms with Gasteiger partial charge in [-0.1, -0.05) is 18.2 Å². The first-order valence-electron chi connectivity index (χ1n) is 7.89. The zero-order valence-corrected chi connectivity index (χ0v) is 14.6. The molecule has 0 radical (unpaired) electrons. The van der Waals surface area contributed by atoms with Crippen LogP contribution in [0.1, 0.15) is 22.8 Å². The lowest BCUT2D eigenvalue weighted by Gasteiger charge is -2.21. The Morgan fingerprint density at radius 2 is 1.79 bits per heavy atom. The third kappa shape index (κ3) is 3.01. The van der Waals surface area contributed by atoms with Gasteiger partial charge in [0.25, 0.3) is 5.91 Å². The van der Waals surface area contributed by atoms with Crippen molar-refractivity contribution in [3.8, 4) is 0 Å². The van der Waals surface area contributed by atoms with Crippen LogP contribution in [-0.2, 0) is 16.4 Å². The van der Waals surface area contributed by atoms with Gasteiger partial charge in [0.05, 0.1) is 11.9 Å². The Morgan fingerprint density at radius 3 is 2.42 bits per heavy atom. The van der Waals surface area contributed by atoms with Crippen molar-refractivity contribution >= 4 is 27.3 Å². The van der Waals surface area contributed by atoms with Crippen molar-refractivity contribution in [3.05, 3.63) is 59.7 Å². The van der Waals surface area contributed by atoms with Crippen LogP contribution in [0.3, 0.4) is 0 Å². The number of amides is 1. The summed E-state index contributed by atoms with van der Waals surface area (Å²) in [5, 5.41) is 0. The number of benzene rings is 2. The number of hydrogen-bond acceptors (Lipinski definition) is 3. The molecule has 0 spiro atoms. The summed E-state index contributed by atoms with van der Waals surface area (Å²) in [7, 11) is -3.32. The summed E-state index contributed by atoms with van der Waals surface area (Å²) in [5.41, 5.74) is 3.26. The van der Waals surface area contributed by atoms with Crippen LogP contribution in [-0.4, -0.2) is 33.7 Å². The number of rotatable bonds is 4. The topological polar surface area (TPSA) is 57.7 Å². The quantitative estimate of drug-likeness (QED) is 0.857. The van der Waals surface area contributed by atoms with Crippen molar-refractivity contribution in [1.29, 1.82) is 0 Å². The minimum absolute atomic E-state index is 0.0612. The first kappa shape index (κ1) is 16.5. The van der Waals surface area contributed by atoms with Gasteiger partial charge in [0.15, 0.2) is 0 Å². The molecular weight excluding hydrogens is 324 g/mol. The molecule has 0 bridgehead atoms. The minimum Gasteiger partial charge on any atom is -0.308 e. The van der Waals surface area contributed by atoms with Gasteiger partial charge in [0.1, 0.15) is 0 Å². The number of anilines is 2. The highest BCUT2D eigenvalue weighted by molar-refractivity contribution is 7.92. The van der Waals surface area contributed by atoms with E-state index < -0.39 is 10.0 Å². The number of para-hydroxylation sites is 1. The third-order valence-electron chi connectivity index (χ3n) is 4.22. The van der Waals surface area contributed by atoms with Crippen LogP contribution >= 0.6 is 0 Å². The van der Waals surface area contributed by atoms with Crippen molar-refractivity contribution in [2.45, 2.75) is 13.3 Å². The van der Waals surface area contributed by atoms with E-state index in [9.17, 15) is 13.2 Å². The van der Waals surface area contributed by atoms with E-state index in [0.29, 0.717) is 24.3 Å². The van der Waals surface area contributed by atoms with Gasteiger partial charge in [-0.25, -0.2) is 8.42 Å². The number of carbonyl (C=O) groups is 1. The Bertz CT molecular complexity index is 860. The molecule has 1 heterocycles. The summed E-state index contributed by atoms with van der Waals surface area (Å²) in [6.07, 6.45) is 2.04. The van der Waals surface area contributed by atoms with Crippen LogP contribution < -0.4 is 9.21 Å². The monoisotopic (exact) mass is 344 g/mol. The van der Waals surface area contributed by atoms with Crippen LogP contribution in [0.4, 0.5) is 11.4 Å². The van der Waals surface area contributed by atoms with Crippen molar-refractivity contribution in [1.82, 2.24) is 0 Å². The van der Waals surface area contributed by atoms with Crippen LogP contribution in [0, 0.1) is 0 Å². The van der Waals surface area contributed by atoms with Crippen LogP contribution in [0.5, 0.6) is 0 Å². The van der Waals surface area contributed by atoms with Gasteiger partial charge in [-0.05, 0) is 49.2 Å². The van der Waals surface area contributed by atoms with Crippen LogP contribution in [0.2, 0.25) is 0 Å². The van der Waals surface area contributed by atoms with E-state index in [4.69, 9.17) is 0 Å². The number of nitrogens with zero attached hydrogens (tertiary/aromatic N) is 2. The molecule has 2 aromatic carbocycles. The predicted octanol–water partition coefficient (Wildman–Crippen LogP) is 2.68. The summed E-state index contributed by atoms with van der Waals surface area (Å²) < 4.78 is 24.9. The van der Waals surface area contributed by atoms with Gasteiger partial charge in [-0.15, -0.1) is 0 Å². The normalized spacial score (nSPS) is 13.7. The third-order valence-corrected chi connectivity index (χ3v) is 5.49. The molecule has 126 valence electrons. The lowest BCUT2D eigenvalue weighted by Crippen LogP contribution is -2.30. The number of hydrogen-bond donors (Lipinski definition) is 0. The summed E-state index contributed by atoms with van der Waals surface area (Å²) in [6.45, 7) is 2.80. The first-order valence-corrected chi connectivity index (χ1v) is 9.74. The van der Waals surface area contributed by atoms with Gasteiger partial charge < -0.3 is 4.90 Å². The van der Waals surface area contributed by atoms with Gasteiger partial charge in [0.2, 0.25) is 10.0 Å². The fraction of sp³-hybridized carbons (Fsp3) is 0.278. The standard InChI is InChI=1S/C18H20N2O3S/c1-3-20(24(2,22)23)16-10-8-15(9-11-16)18(21)19-13-12-14-6-4-5-7-17(14)19/h4-11H,3,12-13H2,1-2H3. The lowest BCUT2D eigenvalue weighted by molar-refractivity contribution is 0.0989. The Kier molecular flexibility index (Phi) is 4.32. The SMILES string of the molecule is CCN(c1ccc(C(=O)N2CCc3ccccc32)cc1)S(C)(=O)=O. The predicted molar refractivity (Wildman–Crippen MR) is 96.1 cm³/mol. The molecule has 0 saturated carbocycles. The molecular formula is C18H20N2O3S. The van der Waals surface area contributed by atoms with Crippen molar-refractivity contribution < 1.29 is 13.2 Å². The molecule has 2 aromatic rings. The molecule has 6 heteroatoms. The molecule has 0 N–H and O–H groups in total. The Labute approximate surface area is 142 Å². The zero-order chi connectivity index (χ0) is 17.3. The Morgan fingerprint density at radius 1 is 1.12 bits per heavy atom. The van der Waals surface area contributed by atoms with Crippen LogP contribution in [0.15, 0.2) is 48.5 Å². The second kappa shape index (κ2) is 6.28. The Hall–Kier alpha value is -2.34. The highest BCUT2D eigenvalue weighted by Gasteiger charge is 2.25. The smallest absolute Gasteiger partial charge is 0.258 e. The first-order chi connectivity index (χ1) is 11.4. The van der Waals surface area contributed by atoms with Gasteiger partial charge >= 0.3 is 0 Å². The molecule has 0 unspecified atom stereocenters. The maximum absolute atomic E-state index is 12.8. The highest BCUT2D eigenvalue weighted by atomic mass is 32.2. The van der Waals surface area contributed by atoms with E-state index in [1.54, 1.807) is 36.1 Å². The molecule has 3 rings (SSSR count). The van der Waals surface area contributed by atoms with E-state index in [-0.39, 0.29) is 5.91 Å². The number of sulfonamides is 1. The van der Waals surface area contributed by atoms with Crippen molar-refractivity contribution in [2.75, 3.05) is 28.6 Å². The molecule has 5 nitrogen and oxygen atoms in total. The van der Waals surface area contributed by atoms with E-state index in [1.165, 1.54) is 16.1 Å². The molecule has 1 amide bonds. The fourth-order valence-electron chi connectivity index (χ4n) is 3.08. The molecule has 1 aliphatic heterocycles. The summed E-state index contributed by atoms with van der Waals surface area (Å²) in [4.78, 5) is 14.5. The van der Waals surface area contributed by atoms with E-state index in [2.05, 4.69) is 0 Å². The molecule has 0 saturated heterocycles. The maximum Gasteiger partial charge on any atom is 0.258 e. The number of fused-ring (bicyclic) bond motifs is 1. The largest absolute Gasteiger partial charge is 0.308 e. The van der Waals surface area contributed by atoms with Crippen molar-refractivity contribution in [3.63, 3.8) is 0 Å². The average Bonchev–Trinajstić information content (AvgIpc) is 2.98. The average molecular weight is 344 g/mol. The van der Waals surface area contributed by atoms with E-state index in [0.717, 1.165) is 12.1 Å². The second-order valence-electron chi connectivity index (χ2n) is 5.81. The van der Waals surface area contributed by atoms with Crippen LogP contribution in [0.25, 0.3) is 0 Å². The Balaban J connectivity index is 1.85. The highest BCUT2D eigenvalue weighted by Crippen LogP contribution is 2.29. The second-order valence-corrected chi connectivity index (χ2v) is 7.72. The van der Waals surface area contributed by atoms with Gasteiger partial charge in [-0.3, -0.25) is 9.10 Å². The molecule has 0 fully saturated rings. The fourth-order valence-corrected chi connectivity index (χ4v) is 4.06. The molecule has 1 aliphatic rings.